The van der Waals surface area contributed by atoms with Crippen molar-refractivity contribution >= 4 is 17.0 Å². The zero-order valence-electron chi connectivity index (χ0n) is 8.32. The van der Waals surface area contributed by atoms with Gasteiger partial charge >= 0.3 is 0 Å². The van der Waals surface area contributed by atoms with Gasteiger partial charge in [-0.1, -0.05) is 30.3 Å². The van der Waals surface area contributed by atoms with Crippen molar-refractivity contribution < 1.29 is 0 Å². The highest BCUT2D eigenvalue weighted by Gasteiger charge is 2.08. The summed E-state index contributed by atoms with van der Waals surface area (Å²) in [6.07, 6.45) is 0. The molecule has 0 fully saturated rings. The van der Waals surface area contributed by atoms with Crippen molar-refractivity contribution in [2.24, 2.45) is 0 Å². The van der Waals surface area contributed by atoms with Crippen LogP contribution in [0.4, 0.5) is 5.69 Å². The molecule has 15 heavy (non-hydrogen) atoms. The van der Waals surface area contributed by atoms with E-state index in [9.17, 15) is 0 Å². The Balaban J connectivity index is 2.48. The maximum Gasteiger partial charge on any atom is 0.128 e. The molecule has 0 unspecified atom stereocenters. The summed E-state index contributed by atoms with van der Waals surface area (Å²) in [5.41, 5.74) is 2.06. The smallest absolute Gasteiger partial charge is 0.128 e. The number of nitriles is 1. The van der Waals surface area contributed by atoms with Crippen molar-refractivity contribution in [2.45, 2.75) is 0 Å². The van der Waals surface area contributed by atoms with Gasteiger partial charge < -0.3 is 5.32 Å². The first-order chi connectivity index (χ1) is 7.35. The van der Waals surface area contributed by atoms with Gasteiger partial charge in [0.1, 0.15) is 10.9 Å². The second-order valence-corrected chi connectivity index (χ2v) is 4.13. The minimum Gasteiger partial charge on any atom is -0.386 e. The molecule has 1 heterocycles. The molecule has 1 aromatic carbocycles. The van der Waals surface area contributed by atoms with E-state index in [-0.39, 0.29) is 0 Å². The van der Waals surface area contributed by atoms with Gasteiger partial charge in [-0.15, -0.1) is 11.3 Å². The van der Waals surface area contributed by atoms with Crippen LogP contribution in [0.1, 0.15) is 4.88 Å². The fourth-order valence-corrected chi connectivity index (χ4v) is 2.37. The molecule has 0 spiro atoms. The lowest BCUT2D eigenvalue weighted by Gasteiger charge is -1.94. The average molecular weight is 214 g/mol. The number of rotatable bonds is 2. The summed E-state index contributed by atoms with van der Waals surface area (Å²) in [5, 5.41) is 12.0. The maximum atomic E-state index is 8.93. The fourth-order valence-electron chi connectivity index (χ4n) is 1.40. The zero-order chi connectivity index (χ0) is 10.7. The number of hydrogen-bond donors (Lipinski definition) is 1. The molecule has 0 aliphatic carbocycles. The van der Waals surface area contributed by atoms with Gasteiger partial charge in [0.15, 0.2) is 0 Å². The van der Waals surface area contributed by atoms with Crippen LogP contribution in [0.5, 0.6) is 0 Å². The van der Waals surface area contributed by atoms with E-state index in [0.717, 1.165) is 21.0 Å². The van der Waals surface area contributed by atoms with E-state index < -0.39 is 0 Å². The first kappa shape index (κ1) is 9.75. The SMILES string of the molecule is CNc1cc(-c2ccccc2)sc1C#N. The Labute approximate surface area is 92.8 Å². The summed E-state index contributed by atoms with van der Waals surface area (Å²) in [5.74, 6) is 0. The van der Waals surface area contributed by atoms with E-state index in [1.165, 1.54) is 11.3 Å². The van der Waals surface area contributed by atoms with Crippen molar-refractivity contribution in [3.8, 4) is 16.5 Å². The van der Waals surface area contributed by atoms with Gasteiger partial charge in [-0.3, -0.25) is 0 Å². The van der Waals surface area contributed by atoms with E-state index in [2.05, 4.69) is 11.4 Å². The third kappa shape index (κ3) is 1.85. The molecule has 2 rings (SSSR count). The predicted molar refractivity (Wildman–Crippen MR) is 64.0 cm³/mol. The molecular weight excluding hydrogens is 204 g/mol. The standard InChI is InChI=1S/C12H10N2S/c1-14-10-7-11(15-12(10)8-13)9-5-3-2-4-6-9/h2-7,14H,1H3. The summed E-state index contributed by atoms with van der Waals surface area (Å²) >= 11 is 1.51. The van der Waals surface area contributed by atoms with Crippen molar-refractivity contribution in [2.75, 3.05) is 12.4 Å². The highest BCUT2D eigenvalue weighted by molar-refractivity contribution is 7.16. The van der Waals surface area contributed by atoms with Crippen LogP contribution in [0.3, 0.4) is 0 Å². The topological polar surface area (TPSA) is 35.8 Å². The second-order valence-electron chi connectivity index (χ2n) is 3.08. The molecule has 0 amide bonds. The third-order valence-corrected chi connectivity index (χ3v) is 3.25. The summed E-state index contributed by atoms with van der Waals surface area (Å²) in [6, 6.07) is 14.3. The Kier molecular flexibility index (Phi) is 2.70. The molecule has 0 saturated heterocycles. The molecule has 0 saturated carbocycles. The van der Waals surface area contributed by atoms with Crippen LogP contribution in [0.15, 0.2) is 36.4 Å². The summed E-state index contributed by atoms with van der Waals surface area (Å²) < 4.78 is 0. The normalized spacial score (nSPS) is 9.60. The summed E-state index contributed by atoms with van der Waals surface area (Å²) in [6.45, 7) is 0. The lowest BCUT2D eigenvalue weighted by molar-refractivity contribution is 1.49. The van der Waals surface area contributed by atoms with Crippen LogP contribution in [-0.2, 0) is 0 Å². The largest absolute Gasteiger partial charge is 0.386 e. The summed E-state index contributed by atoms with van der Waals surface area (Å²) in [4.78, 5) is 1.85. The predicted octanol–water partition coefficient (Wildman–Crippen LogP) is 3.33. The van der Waals surface area contributed by atoms with Gasteiger partial charge in [-0.25, -0.2) is 0 Å². The number of anilines is 1. The van der Waals surface area contributed by atoms with E-state index >= 15 is 0 Å². The molecule has 0 atom stereocenters. The Morgan fingerprint density at radius 3 is 2.53 bits per heavy atom. The van der Waals surface area contributed by atoms with E-state index in [0.29, 0.717) is 0 Å². The molecular formula is C12H10N2S. The summed E-state index contributed by atoms with van der Waals surface area (Å²) in [7, 11) is 1.83. The molecule has 0 aliphatic rings. The monoisotopic (exact) mass is 214 g/mol. The molecule has 74 valence electrons. The van der Waals surface area contributed by atoms with Gasteiger partial charge in [0.05, 0.1) is 5.69 Å². The van der Waals surface area contributed by atoms with E-state index in [1.807, 2.05) is 43.4 Å². The minimum atomic E-state index is 0.733. The quantitative estimate of drug-likeness (QED) is 0.832. The van der Waals surface area contributed by atoms with Crippen LogP contribution < -0.4 is 5.32 Å². The molecule has 2 nitrogen and oxygen atoms in total. The minimum absolute atomic E-state index is 0.733. The van der Waals surface area contributed by atoms with Crippen LogP contribution in [0.2, 0.25) is 0 Å². The average Bonchev–Trinajstić information content (AvgIpc) is 2.73. The van der Waals surface area contributed by atoms with Crippen molar-refractivity contribution in [3.05, 3.63) is 41.3 Å². The molecule has 1 aromatic heterocycles. The number of hydrogen-bond acceptors (Lipinski definition) is 3. The Morgan fingerprint density at radius 2 is 2.00 bits per heavy atom. The molecule has 0 aliphatic heterocycles. The van der Waals surface area contributed by atoms with Crippen LogP contribution in [0.25, 0.3) is 10.4 Å². The highest BCUT2D eigenvalue weighted by atomic mass is 32.1. The van der Waals surface area contributed by atoms with E-state index in [1.54, 1.807) is 0 Å². The van der Waals surface area contributed by atoms with Gasteiger partial charge in [0, 0.05) is 11.9 Å². The van der Waals surface area contributed by atoms with Gasteiger partial charge in [0.2, 0.25) is 0 Å². The van der Waals surface area contributed by atoms with Gasteiger partial charge in [-0.05, 0) is 11.6 Å². The van der Waals surface area contributed by atoms with Crippen LogP contribution >= 0.6 is 11.3 Å². The molecule has 0 radical (unpaired) electrons. The van der Waals surface area contributed by atoms with Gasteiger partial charge in [0.25, 0.3) is 0 Å². The maximum absolute atomic E-state index is 8.93. The molecule has 2 aromatic rings. The lowest BCUT2D eigenvalue weighted by Crippen LogP contribution is -1.85. The Morgan fingerprint density at radius 1 is 1.27 bits per heavy atom. The molecule has 1 N–H and O–H groups in total. The van der Waals surface area contributed by atoms with E-state index in [4.69, 9.17) is 5.26 Å². The second kappa shape index (κ2) is 4.16. The van der Waals surface area contributed by atoms with Crippen molar-refractivity contribution in [3.63, 3.8) is 0 Å². The number of benzene rings is 1. The van der Waals surface area contributed by atoms with Crippen molar-refractivity contribution in [1.82, 2.24) is 0 Å². The lowest BCUT2D eigenvalue weighted by atomic mass is 10.2. The van der Waals surface area contributed by atoms with Crippen molar-refractivity contribution in [1.29, 1.82) is 5.26 Å². The molecule has 0 bridgehead atoms. The number of nitrogens with zero attached hydrogens (tertiary/aromatic N) is 1. The zero-order valence-corrected chi connectivity index (χ0v) is 9.14. The number of nitrogens with one attached hydrogen (secondary N) is 1. The molecule has 3 heteroatoms. The first-order valence-corrected chi connectivity index (χ1v) is 5.44. The fraction of sp³-hybridized carbons (Fsp3) is 0.0833. The number of thiophene rings is 1. The van der Waals surface area contributed by atoms with Crippen LogP contribution in [-0.4, -0.2) is 7.05 Å². The first-order valence-electron chi connectivity index (χ1n) is 4.62. The highest BCUT2D eigenvalue weighted by Crippen LogP contribution is 2.33. The third-order valence-electron chi connectivity index (χ3n) is 2.16. The Bertz CT molecular complexity index is 494. The van der Waals surface area contributed by atoms with Gasteiger partial charge in [-0.2, -0.15) is 5.26 Å². The van der Waals surface area contributed by atoms with Crippen LogP contribution in [0, 0.1) is 11.3 Å². The Hall–Kier alpha value is -1.79.